The normalized spacial score (nSPS) is 19.0. The second kappa shape index (κ2) is 7.92. The molecule has 0 spiro atoms. The quantitative estimate of drug-likeness (QED) is 0.687. The SMILES string of the molecule is Cn1cc(-c2[nH]c3nccc(N4CCN(C(=O)O[C@H]5CCOC5)CC4)c3c2C#N)cn1. The first kappa shape index (κ1) is 19.4. The number of H-pyrrole nitrogens is 1. The smallest absolute Gasteiger partial charge is 0.410 e. The van der Waals surface area contributed by atoms with Crippen LogP contribution in [0.1, 0.15) is 12.0 Å². The molecule has 3 aromatic rings. The fraction of sp³-hybridized carbons (Fsp3) is 0.429. The van der Waals surface area contributed by atoms with Crippen LogP contribution < -0.4 is 4.90 Å². The first-order valence-corrected chi connectivity index (χ1v) is 10.3. The molecule has 1 atom stereocenters. The van der Waals surface area contributed by atoms with Crippen LogP contribution in [0.4, 0.5) is 10.5 Å². The molecule has 1 amide bonds. The number of aromatic nitrogens is 4. The highest BCUT2D eigenvalue weighted by Gasteiger charge is 2.28. The van der Waals surface area contributed by atoms with Crippen LogP contribution in [0, 0.1) is 11.3 Å². The van der Waals surface area contributed by atoms with E-state index in [1.165, 1.54) is 0 Å². The average Bonchev–Trinajstić information content (AvgIpc) is 3.53. The third-order valence-electron chi connectivity index (χ3n) is 5.81. The lowest BCUT2D eigenvalue weighted by Gasteiger charge is -2.36. The number of piperazine rings is 1. The highest BCUT2D eigenvalue weighted by atomic mass is 16.6. The number of carbonyl (C=O) groups is 1. The maximum absolute atomic E-state index is 12.4. The van der Waals surface area contributed by atoms with Crippen molar-refractivity contribution in [1.82, 2.24) is 24.6 Å². The minimum absolute atomic E-state index is 0.144. The van der Waals surface area contributed by atoms with Crippen LogP contribution >= 0.6 is 0 Å². The van der Waals surface area contributed by atoms with Crippen LogP contribution in [0.25, 0.3) is 22.3 Å². The summed E-state index contributed by atoms with van der Waals surface area (Å²) in [7, 11) is 1.84. The predicted molar refractivity (Wildman–Crippen MR) is 113 cm³/mol. The van der Waals surface area contributed by atoms with E-state index >= 15 is 0 Å². The largest absolute Gasteiger partial charge is 0.444 e. The van der Waals surface area contributed by atoms with Crippen LogP contribution in [0.3, 0.4) is 0 Å². The second-order valence-corrected chi connectivity index (χ2v) is 7.79. The summed E-state index contributed by atoms with van der Waals surface area (Å²) in [6, 6.07) is 4.27. The van der Waals surface area contributed by atoms with Crippen molar-refractivity contribution in [3.8, 4) is 17.3 Å². The number of hydrogen-bond donors (Lipinski definition) is 1. The minimum atomic E-state index is -0.284. The van der Waals surface area contributed by atoms with Crippen molar-refractivity contribution in [2.45, 2.75) is 12.5 Å². The van der Waals surface area contributed by atoms with Gasteiger partial charge >= 0.3 is 6.09 Å². The lowest BCUT2D eigenvalue weighted by atomic mass is 10.1. The topological polar surface area (TPSA) is 112 Å². The van der Waals surface area contributed by atoms with Gasteiger partial charge in [-0.15, -0.1) is 0 Å². The van der Waals surface area contributed by atoms with Crippen molar-refractivity contribution in [3.63, 3.8) is 0 Å². The molecule has 31 heavy (non-hydrogen) atoms. The van der Waals surface area contributed by atoms with E-state index in [2.05, 4.69) is 26.0 Å². The highest BCUT2D eigenvalue weighted by Crippen LogP contribution is 2.35. The van der Waals surface area contributed by atoms with E-state index in [9.17, 15) is 10.1 Å². The summed E-state index contributed by atoms with van der Waals surface area (Å²) in [5, 5.41) is 14.9. The number of ether oxygens (including phenoxy) is 2. The first-order chi connectivity index (χ1) is 15.1. The Bertz CT molecular complexity index is 1150. The molecule has 2 aliphatic heterocycles. The average molecular weight is 421 g/mol. The Kier molecular flexibility index (Phi) is 4.95. The third-order valence-corrected chi connectivity index (χ3v) is 5.81. The number of fused-ring (bicyclic) bond motifs is 1. The summed E-state index contributed by atoms with van der Waals surface area (Å²) in [4.78, 5) is 24.1. The number of carbonyl (C=O) groups excluding carboxylic acids is 1. The molecular weight excluding hydrogens is 398 g/mol. The maximum Gasteiger partial charge on any atom is 0.410 e. The standard InChI is InChI=1S/C21H23N7O3/c1-26-12-14(11-24-26)19-16(10-22)18-17(2-4-23-20(18)25-19)27-5-7-28(8-6-27)21(29)31-15-3-9-30-13-15/h2,4,11-12,15H,3,5-9,13H2,1H3,(H,23,25)/t15-/m0/s1. The van der Waals surface area contributed by atoms with E-state index < -0.39 is 0 Å². The summed E-state index contributed by atoms with van der Waals surface area (Å²) in [6.07, 6.45) is 5.66. The Morgan fingerprint density at radius 2 is 2.19 bits per heavy atom. The van der Waals surface area contributed by atoms with Gasteiger partial charge in [-0.25, -0.2) is 9.78 Å². The van der Waals surface area contributed by atoms with E-state index in [1.54, 1.807) is 22.0 Å². The number of nitrogens with zero attached hydrogens (tertiary/aromatic N) is 6. The van der Waals surface area contributed by atoms with E-state index in [0.717, 1.165) is 23.1 Å². The Morgan fingerprint density at radius 3 is 2.87 bits per heavy atom. The molecule has 5 rings (SSSR count). The summed E-state index contributed by atoms with van der Waals surface area (Å²) in [5.41, 5.74) is 3.70. The van der Waals surface area contributed by atoms with Crippen molar-refractivity contribution in [2.75, 3.05) is 44.3 Å². The summed E-state index contributed by atoms with van der Waals surface area (Å²) in [6.45, 7) is 3.52. The second-order valence-electron chi connectivity index (χ2n) is 7.79. The van der Waals surface area contributed by atoms with Gasteiger partial charge in [-0.1, -0.05) is 0 Å². The zero-order valence-electron chi connectivity index (χ0n) is 17.2. The van der Waals surface area contributed by atoms with Gasteiger partial charge in [0.05, 0.1) is 41.7 Å². The van der Waals surface area contributed by atoms with Gasteiger partial charge in [0.15, 0.2) is 0 Å². The molecule has 1 N–H and O–H groups in total. The number of hydrogen-bond acceptors (Lipinski definition) is 7. The summed E-state index contributed by atoms with van der Waals surface area (Å²) in [5.74, 6) is 0. The Labute approximate surface area is 179 Å². The van der Waals surface area contributed by atoms with Crippen LogP contribution in [-0.2, 0) is 16.5 Å². The first-order valence-electron chi connectivity index (χ1n) is 10.3. The summed E-state index contributed by atoms with van der Waals surface area (Å²) < 4.78 is 12.5. The molecule has 5 heterocycles. The van der Waals surface area contributed by atoms with Gasteiger partial charge in [0.25, 0.3) is 0 Å². The van der Waals surface area contributed by atoms with E-state index in [4.69, 9.17) is 9.47 Å². The maximum atomic E-state index is 12.4. The molecule has 0 unspecified atom stereocenters. The van der Waals surface area contributed by atoms with Crippen molar-refractivity contribution in [3.05, 3.63) is 30.2 Å². The zero-order chi connectivity index (χ0) is 21.4. The fourth-order valence-corrected chi connectivity index (χ4v) is 4.19. The van der Waals surface area contributed by atoms with Gasteiger partial charge in [-0.05, 0) is 6.07 Å². The van der Waals surface area contributed by atoms with Gasteiger partial charge < -0.3 is 24.3 Å². The van der Waals surface area contributed by atoms with Crippen molar-refractivity contribution in [2.24, 2.45) is 7.05 Å². The van der Waals surface area contributed by atoms with Gasteiger partial charge in [0, 0.05) is 57.6 Å². The number of anilines is 1. The lowest BCUT2D eigenvalue weighted by Crippen LogP contribution is -2.49. The number of rotatable bonds is 3. The molecule has 10 nitrogen and oxygen atoms in total. The molecule has 10 heteroatoms. The van der Waals surface area contributed by atoms with E-state index in [1.807, 2.05) is 19.3 Å². The summed E-state index contributed by atoms with van der Waals surface area (Å²) >= 11 is 0. The fourth-order valence-electron chi connectivity index (χ4n) is 4.19. The van der Waals surface area contributed by atoms with Crippen molar-refractivity contribution < 1.29 is 14.3 Å². The molecule has 0 radical (unpaired) electrons. The molecule has 3 aromatic heterocycles. The van der Waals surface area contributed by atoms with E-state index in [-0.39, 0.29) is 12.2 Å². The van der Waals surface area contributed by atoms with E-state index in [0.29, 0.717) is 56.3 Å². The Morgan fingerprint density at radius 1 is 1.35 bits per heavy atom. The molecule has 2 aliphatic rings. The van der Waals surface area contributed by atoms with Gasteiger partial charge in [0.1, 0.15) is 17.8 Å². The van der Waals surface area contributed by atoms with Crippen LogP contribution in [-0.4, -0.2) is 76.2 Å². The molecule has 0 bridgehead atoms. The van der Waals surface area contributed by atoms with Crippen molar-refractivity contribution >= 4 is 22.8 Å². The number of pyridine rings is 1. The Balaban J connectivity index is 1.38. The number of nitrogens with one attached hydrogen (secondary N) is 1. The minimum Gasteiger partial charge on any atom is -0.444 e. The monoisotopic (exact) mass is 421 g/mol. The van der Waals surface area contributed by atoms with Gasteiger partial charge in [0.2, 0.25) is 0 Å². The van der Waals surface area contributed by atoms with Crippen LogP contribution in [0.2, 0.25) is 0 Å². The number of amides is 1. The third kappa shape index (κ3) is 3.57. The molecule has 2 saturated heterocycles. The zero-order valence-corrected chi connectivity index (χ0v) is 17.2. The van der Waals surface area contributed by atoms with Crippen LogP contribution in [0.15, 0.2) is 24.7 Å². The molecule has 160 valence electrons. The highest BCUT2D eigenvalue weighted by molar-refractivity contribution is 6.00. The van der Waals surface area contributed by atoms with Gasteiger partial charge in [-0.2, -0.15) is 10.4 Å². The molecular formula is C21H23N7O3. The van der Waals surface area contributed by atoms with Crippen LogP contribution in [0.5, 0.6) is 0 Å². The molecule has 0 aliphatic carbocycles. The number of aromatic amines is 1. The van der Waals surface area contributed by atoms with Crippen molar-refractivity contribution in [1.29, 1.82) is 5.26 Å². The molecule has 2 fully saturated rings. The number of nitriles is 1. The number of aryl methyl sites for hydroxylation is 1. The van der Waals surface area contributed by atoms with Gasteiger partial charge in [-0.3, -0.25) is 4.68 Å². The molecule has 0 saturated carbocycles. The Hall–Kier alpha value is -3.58. The molecule has 0 aromatic carbocycles. The predicted octanol–water partition coefficient (Wildman–Crippen LogP) is 1.88. The lowest BCUT2D eigenvalue weighted by molar-refractivity contribution is 0.0534.